The Morgan fingerprint density at radius 3 is 1.68 bits per heavy atom. The molecule has 1 aromatic rings. The summed E-state index contributed by atoms with van der Waals surface area (Å²) in [6.45, 7) is 0. The summed E-state index contributed by atoms with van der Waals surface area (Å²) in [4.78, 5) is 22.5. The molecule has 0 radical (unpaired) electrons. The Labute approximate surface area is 103 Å². The number of ether oxygens (including phenoxy) is 1. The number of hydrogen-bond donors (Lipinski definition) is 0. The molecule has 0 unspecified atom stereocenters. The van der Waals surface area contributed by atoms with E-state index in [2.05, 4.69) is 4.74 Å². The van der Waals surface area contributed by atoms with Gasteiger partial charge in [0, 0.05) is 12.2 Å². The third-order valence-corrected chi connectivity index (χ3v) is 2.44. The largest absolute Gasteiger partial charge is 0.491 e. The minimum atomic E-state index is -1.89. The lowest BCUT2D eigenvalue weighted by Gasteiger charge is -2.17. The van der Waals surface area contributed by atoms with E-state index < -0.39 is 46.5 Å². The molecule has 2 rings (SSSR count). The molecule has 0 spiro atoms. The molecule has 2 amide bonds. The number of carbonyl (C=O) groups is 2. The minimum absolute atomic E-state index is 0.00370. The molecule has 0 saturated carbocycles. The highest BCUT2D eigenvalue weighted by atomic mass is 19.2. The summed E-state index contributed by atoms with van der Waals surface area (Å²) < 4.78 is 58.3. The summed E-state index contributed by atoms with van der Waals surface area (Å²) in [5.41, 5.74) is -1.41. The van der Waals surface area contributed by atoms with Gasteiger partial charge in [-0.15, -0.1) is 0 Å². The highest BCUT2D eigenvalue weighted by Crippen LogP contribution is 2.36. The van der Waals surface area contributed by atoms with Gasteiger partial charge in [0.05, 0.1) is 7.11 Å². The van der Waals surface area contributed by atoms with Gasteiger partial charge in [-0.1, -0.05) is 0 Å². The average Bonchev–Trinajstić information content (AvgIpc) is 2.69. The van der Waals surface area contributed by atoms with Crippen LogP contribution in [0.2, 0.25) is 0 Å². The highest BCUT2D eigenvalue weighted by molar-refractivity contribution is 6.28. The van der Waals surface area contributed by atoms with Crippen molar-refractivity contribution in [3.8, 4) is 5.75 Å². The first-order chi connectivity index (χ1) is 8.90. The Kier molecular flexibility index (Phi) is 3.01. The summed E-state index contributed by atoms with van der Waals surface area (Å²) in [6, 6.07) is 0. The second kappa shape index (κ2) is 4.38. The number of benzene rings is 1. The number of amides is 2. The first kappa shape index (κ1) is 13.1. The molecule has 1 aromatic carbocycles. The van der Waals surface area contributed by atoms with Crippen LogP contribution in [0.1, 0.15) is 0 Å². The average molecular weight is 275 g/mol. The molecule has 1 heterocycles. The van der Waals surface area contributed by atoms with Gasteiger partial charge in [-0.25, -0.2) is 13.7 Å². The van der Waals surface area contributed by atoms with E-state index in [-0.39, 0.29) is 4.90 Å². The minimum Gasteiger partial charge on any atom is -0.491 e. The molecule has 19 heavy (non-hydrogen) atoms. The number of methoxy groups -OCH3 is 1. The molecule has 1 aliphatic rings. The van der Waals surface area contributed by atoms with Crippen LogP contribution in [0.3, 0.4) is 0 Å². The van der Waals surface area contributed by atoms with E-state index in [0.29, 0.717) is 0 Å². The van der Waals surface area contributed by atoms with Gasteiger partial charge >= 0.3 is 0 Å². The first-order valence-corrected chi connectivity index (χ1v) is 4.86. The second-order valence-electron chi connectivity index (χ2n) is 3.48. The zero-order chi connectivity index (χ0) is 14.3. The number of rotatable bonds is 2. The highest BCUT2D eigenvalue weighted by Gasteiger charge is 2.36. The van der Waals surface area contributed by atoms with E-state index in [1.54, 1.807) is 0 Å². The van der Waals surface area contributed by atoms with Crippen LogP contribution in [-0.2, 0) is 9.59 Å². The van der Waals surface area contributed by atoms with Crippen LogP contribution in [0.5, 0.6) is 5.75 Å². The Balaban J connectivity index is 2.72. The third-order valence-electron chi connectivity index (χ3n) is 2.44. The van der Waals surface area contributed by atoms with E-state index in [0.717, 1.165) is 19.3 Å². The van der Waals surface area contributed by atoms with Crippen molar-refractivity contribution >= 4 is 17.5 Å². The normalized spacial score (nSPS) is 14.5. The number of hydrogen-bond acceptors (Lipinski definition) is 3. The number of imide groups is 1. The third kappa shape index (κ3) is 1.76. The predicted molar refractivity (Wildman–Crippen MR) is 54.5 cm³/mol. The van der Waals surface area contributed by atoms with Crippen LogP contribution < -0.4 is 9.64 Å². The molecule has 1 aliphatic heterocycles. The van der Waals surface area contributed by atoms with E-state index in [1.165, 1.54) is 0 Å². The molecule has 8 heteroatoms. The van der Waals surface area contributed by atoms with E-state index in [4.69, 9.17) is 0 Å². The molecule has 0 bridgehead atoms. The molecule has 0 aromatic heterocycles. The SMILES string of the molecule is COc1c(F)c(F)c(N2C(=O)C=CC2=O)c(F)c1F. The van der Waals surface area contributed by atoms with Crippen LogP contribution in [0.15, 0.2) is 12.2 Å². The van der Waals surface area contributed by atoms with Crippen LogP contribution >= 0.6 is 0 Å². The van der Waals surface area contributed by atoms with Crippen LogP contribution in [0, 0.1) is 23.3 Å². The van der Waals surface area contributed by atoms with Gasteiger partial charge in [0.15, 0.2) is 17.4 Å². The van der Waals surface area contributed by atoms with Crippen molar-refractivity contribution in [1.29, 1.82) is 0 Å². The maximum atomic E-state index is 13.7. The van der Waals surface area contributed by atoms with Crippen LogP contribution in [-0.4, -0.2) is 18.9 Å². The summed E-state index contributed by atoms with van der Waals surface area (Å²) in [5.74, 6) is -10.9. The van der Waals surface area contributed by atoms with Gasteiger partial charge in [0.2, 0.25) is 11.6 Å². The summed E-state index contributed by atoms with van der Waals surface area (Å²) in [5, 5.41) is 0. The quantitative estimate of drug-likeness (QED) is 0.468. The number of anilines is 1. The van der Waals surface area contributed by atoms with Gasteiger partial charge in [0.25, 0.3) is 11.8 Å². The van der Waals surface area contributed by atoms with E-state index >= 15 is 0 Å². The number of carbonyl (C=O) groups excluding carboxylic acids is 2. The summed E-state index contributed by atoms with van der Waals surface area (Å²) in [6.07, 6.45) is 1.45. The fourth-order valence-corrected chi connectivity index (χ4v) is 1.60. The molecule has 0 N–H and O–H groups in total. The van der Waals surface area contributed by atoms with Crippen molar-refractivity contribution in [1.82, 2.24) is 0 Å². The van der Waals surface area contributed by atoms with Crippen molar-refractivity contribution < 1.29 is 31.9 Å². The molecule has 0 fully saturated rings. The fraction of sp³-hybridized carbons (Fsp3) is 0.0909. The molecule has 0 atom stereocenters. The first-order valence-electron chi connectivity index (χ1n) is 4.86. The Hall–Kier alpha value is -2.38. The Morgan fingerprint density at radius 2 is 1.32 bits per heavy atom. The topological polar surface area (TPSA) is 46.6 Å². The van der Waals surface area contributed by atoms with Crippen molar-refractivity contribution in [3.05, 3.63) is 35.4 Å². The molecular weight excluding hydrogens is 270 g/mol. The fourth-order valence-electron chi connectivity index (χ4n) is 1.60. The summed E-state index contributed by atoms with van der Waals surface area (Å²) in [7, 11) is 0.813. The molecule has 100 valence electrons. The summed E-state index contributed by atoms with van der Waals surface area (Å²) >= 11 is 0. The van der Waals surface area contributed by atoms with Gasteiger partial charge in [-0.05, 0) is 0 Å². The zero-order valence-corrected chi connectivity index (χ0v) is 9.34. The van der Waals surface area contributed by atoms with Gasteiger partial charge in [-0.2, -0.15) is 8.78 Å². The lowest BCUT2D eigenvalue weighted by atomic mass is 10.2. The number of halogens is 4. The zero-order valence-electron chi connectivity index (χ0n) is 9.34. The molecule has 4 nitrogen and oxygen atoms in total. The van der Waals surface area contributed by atoms with Gasteiger partial charge in [-0.3, -0.25) is 9.59 Å². The van der Waals surface area contributed by atoms with E-state index in [9.17, 15) is 27.2 Å². The van der Waals surface area contributed by atoms with Crippen LogP contribution in [0.4, 0.5) is 23.2 Å². The van der Waals surface area contributed by atoms with Gasteiger partial charge in [0.1, 0.15) is 5.69 Å². The van der Waals surface area contributed by atoms with Crippen molar-refractivity contribution in [3.63, 3.8) is 0 Å². The molecule has 0 saturated heterocycles. The van der Waals surface area contributed by atoms with Crippen molar-refractivity contribution in [2.24, 2.45) is 0 Å². The Morgan fingerprint density at radius 1 is 0.895 bits per heavy atom. The van der Waals surface area contributed by atoms with Crippen molar-refractivity contribution in [2.75, 3.05) is 12.0 Å². The molecule has 0 aliphatic carbocycles. The monoisotopic (exact) mass is 275 g/mol. The standard InChI is InChI=1S/C11H5F4NO3/c1-19-11-8(14)6(12)10(7(13)9(11)15)16-4(17)2-3-5(16)18/h2-3H,1H3. The Bertz CT molecular complexity index is 580. The van der Waals surface area contributed by atoms with Gasteiger partial charge < -0.3 is 4.74 Å². The second-order valence-corrected chi connectivity index (χ2v) is 3.48. The van der Waals surface area contributed by atoms with Crippen LogP contribution in [0.25, 0.3) is 0 Å². The lowest BCUT2D eigenvalue weighted by Crippen LogP contribution is -2.32. The molecular formula is C11H5F4NO3. The smallest absolute Gasteiger partial charge is 0.258 e. The number of nitrogens with zero attached hydrogens (tertiary/aromatic N) is 1. The predicted octanol–water partition coefficient (Wildman–Crippen LogP) is 1.68. The maximum Gasteiger partial charge on any atom is 0.258 e. The van der Waals surface area contributed by atoms with E-state index in [1.807, 2.05) is 0 Å². The maximum absolute atomic E-state index is 13.7. The van der Waals surface area contributed by atoms with Crippen molar-refractivity contribution in [2.45, 2.75) is 0 Å². The lowest BCUT2D eigenvalue weighted by molar-refractivity contribution is -0.120.